The lowest BCUT2D eigenvalue weighted by atomic mass is 10.1. The predicted molar refractivity (Wildman–Crippen MR) is 85.4 cm³/mol. The minimum atomic E-state index is -0.249. The van der Waals surface area contributed by atoms with Gasteiger partial charge in [-0.1, -0.05) is 29.3 Å². The van der Waals surface area contributed by atoms with E-state index >= 15 is 0 Å². The summed E-state index contributed by atoms with van der Waals surface area (Å²) in [6, 6.07) is 5.03. The first-order valence-corrected chi connectivity index (χ1v) is 7.80. The van der Waals surface area contributed by atoms with Crippen LogP contribution in [0.1, 0.15) is 29.6 Å². The van der Waals surface area contributed by atoms with Crippen LogP contribution in [0.4, 0.5) is 0 Å². The van der Waals surface area contributed by atoms with Gasteiger partial charge in [0.05, 0.1) is 15.6 Å². The molecule has 2 N–H and O–H groups in total. The van der Waals surface area contributed by atoms with Gasteiger partial charge in [-0.3, -0.25) is 9.59 Å². The molecule has 0 spiro atoms. The van der Waals surface area contributed by atoms with Gasteiger partial charge in [-0.2, -0.15) is 0 Å². The maximum absolute atomic E-state index is 12.2. The Balaban J connectivity index is 1.88. The Labute approximate surface area is 139 Å². The van der Waals surface area contributed by atoms with Gasteiger partial charge in [0.25, 0.3) is 5.91 Å². The molecule has 5 nitrogen and oxygen atoms in total. The van der Waals surface area contributed by atoms with Crippen molar-refractivity contribution in [3.63, 3.8) is 0 Å². The van der Waals surface area contributed by atoms with Gasteiger partial charge in [-0.25, -0.2) is 0 Å². The standard InChI is InChI=1S/C15H18Cl2N2O3/c1-22-8-13(20)18-9-5-6-10(7-9)19-15(21)11-3-2-4-12(16)14(11)17/h2-4,9-10H,5-8H2,1H3,(H,18,20)(H,19,21)/t9-,10+/m0/s1. The summed E-state index contributed by atoms with van der Waals surface area (Å²) in [5.74, 6) is -0.390. The normalized spacial score (nSPS) is 20.7. The molecule has 7 heteroatoms. The molecule has 0 radical (unpaired) electrons. The Morgan fingerprint density at radius 3 is 2.59 bits per heavy atom. The van der Waals surface area contributed by atoms with Gasteiger partial charge < -0.3 is 15.4 Å². The van der Waals surface area contributed by atoms with Crippen LogP contribution in [0.3, 0.4) is 0 Å². The monoisotopic (exact) mass is 344 g/mol. The van der Waals surface area contributed by atoms with Gasteiger partial charge in [-0.15, -0.1) is 0 Å². The molecule has 1 saturated carbocycles. The van der Waals surface area contributed by atoms with Crippen LogP contribution in [0, 0.1) is 0 Å². The number of ether oxygens (including phenoxy) is 1. The van der Waals surface area contributed by atoms with E-state index in [1.165, 1.54) is 7.11 Å². The SMILES string of the molecule is COCC(=O)N[C@H]1CC[C@@H](NC(=O)c2cccc(Cl)c2Cl)C1. The average Bonchev–Trinajstić information content (AvgIpc) is 2.89. The lowest BCUT2D eigenvalue weighted by Crippen LogP contribution is -2.38. The molecule has 1 aromatic carbocycles. The molecule has 120 valence electrons. The summed E-state index contributed by atoms with van der Waals surface area (Å²) in [6.07, 6.45) is 2.32. The fourth-order valence-corrected chi connectivity index (χ4v) is 2.97. The van der Waals surface area contributed by atoms with E-state index in [0.29, 0.717) is 17.0 Å². The minimum absolute atomic E-state index is 0.00962. The smallest absolute Gasteiger partial charge is 0.253 e. The Kier molecular flexibility index (Phi) is 6.06. The molecular weight excluding hydrogens is 327 g/mol. The highest BCUT2D eigenvalue weighted by Gasteiger charge is 2.27. The molecule has 1 aliphatic carbocycles. The molecule has 0 aromatic heterocycles. The zero-order chi connectivity index (χ0) is 16.1. The van der Waals surface area contributed by atoms with Crippen LogP contribution >= 0.6 is 23.2 Å². The van der Waals surface area contributed by atoms with Crippen molar-refractivity contribution in [2.24, 2.45) is 0 Å². The second-order valence-corrected chi connectivity index (χ2v) is 6.07. The van der Waals surface area contributed by atoms with E-state index in [9.17, 15) is 9.59 Å². The number of halogens is 2. The number of carbonyl (C=O) groups is 2. The predicted octanol–water partition coefficient (Wildman–Crippen LogP) is 2.41. The molecule has 0 aliphatic heterocycles. The van der Waals surface area contributed by atoms with Crippen LogP contribution in [0.15, 0.2) is 18.2 Å². The average molecular weight is 345 g/mol. The summed E-state index contributed by atoms with van der Waals surface area (Å²) in [4.78, 5) is 23.7. The van der Waals surface area contributed by atoms with Crippen molar-refractivity contribution in [3.05, 3.63) is 33.8 Å². The molecule has 0 heterocycles. The van der Waals surface area contributed by atoms with Crippen molar-refractivity contribution in [1.29, 1.82) is 0 Å². The highest BCUT2D eigenvalue weighted by Crippen LogP contribution is 2.26. The van der Waals surface area contributed by atoms with E-state index in [0.717, 1.165) is 12.8 Å². The van der Waals surface area contributed by atoms with E-state index in [-0.39, 0.29) is 35.5 Å². The number of hydrogen-bond acceptors (Lipinski definition) is 3. The van der Waals surface area contributed by atoms with Gasteiger partial charge in [-0.05, 0) is 31.4 Å². The third kappa shape index (κ3) is 4.35. The second kappa shape index (κ2) is 7.81. The lowest BCUT2D eigenvalue weighted by Gasteiger charge is -2.15. The molecule has 2 atom stereocenters. The minimum Gasteiger partial charge on any atom is -0.375 e. The quantitative estimate of drug-likeness (QED) is 0.861. The second-order valence-electron chi connectivity index (χ2n) is 5.28. The number of methoxy groups -OCH3 is 1. The molecule has 2 rings (SSSR count). The first-order chi connectivity index (χ1) is 10.5. The van der Waals surface area contributed by atoms with Crippen LogP contribution in [-0.2, 0) is 9.53 Å². The van der Waals surface area contributed by atoms with Crippen molar-refractivity contribution >= 4 is 35.0 Å². The molecule has 0 saturated heterocycles. The molecular formula is C15H18Cl2N2O3. The van der Waals surface area contributed by atoms with E-state index < -0.39 is 0 Å². The summed E-state index contributed by atoms with van der Waals surface area (Å²) in [5.41, 5.74) is 0.362. The maximum atomic E-state index is 12.2. The molecule has 22 heavy (non-hydrogen) atoms. The van der Waals surface area contributed by atoms with E-state index in [2.05, 4.69) is 10.6 Å². The number of rotatable bonds is 5. The Morgan fingerprint density at radius 2 is 1.91 bits per heavy atom. The zero-order valence-corrected chi connectivity index (χ0v) is 13.7. The number of nitrogens with one attached hydrogen (secondary N) is 2. The van der Waals surface area contributed by atoms with Crippen molar-refractivity contribution in [2.45, 2.75) is 31.3 Å². The van der Waals surface area contributed by atoms with Crippen molar-refractivity contribution < 1.29 is 14.3 Å². The van der Waals surface area contributed by atoms with Gasteiger partial charge in [0.1, 0.15) is 6.61 Å². The molecule has 1 aliphatic rings. The van der Waals surface area contributed by atoms with Crippen molar-refractivity contribution in [1.82, 2.24) is 10.6 Å². The molecule has 1 fully saturated rings. The first kappa shape index (κ1) is 17.1. The Hall–Kier alpha value is -1.30. The Bertz CT molecular complexity index is 566. The Morgan fingerprint density at radius 1 is 1.23 bits per heavy atom. The summed E-state index contributed by atoms with van der Waals surface area (Å²) >= 11 is 12.0. The summed E-state index contributed by atoms with van der Waals surface area (Å²) in [5, 5.41) is 6.42. The fraction of sp³-hybridized carbons (Fsp3) is 0.467. The summed E-state index contributed by atoms with van der Waals surface area (Å²) < 4.78 is 4.78. The van der Waals surface area contributed by atoms with Crippen molar-refractivity contribution in [2.75, 3.05) is 13.7 Å². The highest BCUT2D eigenvalue weighted by molar-refractivity contribution is 6.43. The van der Waals surface area contributed by atoms with E-state index in [4.69, 9.17) is 27.9 Å². The maximum Gasteiger partial charge on any atom is 0.253 e. The largest absolute Gasteiger partial charge is 0.375 e. The molecule has 0 bridgehead atoms. The topological polar surface area (TPSA) is 67.4 Å². The van der Waals surface area contributed by atoms with E-state index in [1.54, 1.807) is 18.2 Å². The molecule has 0 unspecified atom stereocenters. The van der Waals surface area contributed by atoms with Gasteiger partial charge in [0.2, 0.25) is 5.91 Å². The summed E-state index contributed by atoms with van der Waals surface area (Å²) in [7, 11) is 1.48. The number of benzene rings is 1. The van der Waals surface area contributed by atoms with Crippen LogP contribution in [-0.4, -0.2) is 37.6 Å². The first-order valence-electron chi connectivity index (χ1n) is 7.04. The van der Waals surface area contributed by atoms with Gasteiger partial charge in [0, 0.05) is 19.2 Å². The third-order valence-corrected chi connectivity index (χ3v) is 4.42. The molecule has 1 aromatic rings. The lowest BCUT2D eigenvalue weighted by molar-refractivity contribution is -0.125. The molecule has 2 amide bonds. The van der Waals surface area contributed by atoms with Crippen molar-refractivity contribution in [3.8, 4) is 0 Å². The van der Waals surface area contributed by atoms with Crippen LogP contribution in [0.2, 0.25) is 10.0 Å². The van der Waals surface area contributed by atoms with Crippen LogP contribution in [0.5, 0.6) is 0 Å². The summed E-state index contributed by atoms with van der Waals surface area (Å²) in [6.45, 7) is 0.0473. The zero-order valence-electron chi connectivity index (χ0n) is 12.2. The number of carbonyl (C=O) groups excluding carboxylic acids is 2. The fourth-order valence-electron chi connectivity index (χ4n) is 2.59. The van der Waals surface area contributed by atoms with Gasteiger partial charge in [0.15, 0.2) is 0 Å². The van der Waals surface area contributed by atoms with Crippen LogP contribution in [0.25, 0.3) is 0 Å². The van der Waals surface area contributed by atoms with E-state index in [1.807, 2.05) is 0 Å². The highest BCUT2D eigenvalue weighted by atomic mass is 35.5. The third-order valence-electron chi connectivity index (χ3n) is 3.60. The number of amides is 2. The van der Waals surface area contributed by atoms with Gasteiger partial charge >= 0.3 is 0 Å². The number of hydrogen-bond donors (Lipinski definition) is 2. The van der Waals surface area contributed by atoms with Crippen LogP contribution < -0.4 is 10.6 Å².